The van der Waals surface area contributed by atoms with Crippen LogP contribution in [-0.2, 0) is 32.4 Å². The Morgan fingerprint density at radius 1 is 0.667 bits per heavy atom. The van der Waals surface area contributed by atoms with Crippen LogP contribution in [0.5, 0.6) is 0 Å². The van der Waals surface area contributed by atoms with Crippen LogP contribution in [0.3, 0.4) is 0 Å². The van der Waals surface area contributed by atoms with Crippen LogP contribution in [0.15, 0.2) is 24.3 Å². The Morgan fingerprint density at radius 3 is 1.33 bits per heavy atom. The molecule has 0 N–H and O–H groups in total. The molecule has 8 nitrogen and oxygen atoms in total. The summed E-state index contributed by atoms with van der Waals surface area (Å²) in [5, 5.41) is 0. The number of carbonyl (C=O) groups is 2. The van der Waals surface area contributed by atoms with E-state index in [4.69, 9.17) is 18.9 Å². The molecule has 2 rings (SSSR count). The molecule has 0 fully saturated rings. The Labute approximate surface area is 217 Å². The number of rotatable bonds is 15. The summed E-state index contributed by atoms with van der Waals surface area (Å²) in [5.74, 6) is -0.819. The number of esters is 2. The van der Waals surface area contributed by atoms with Gasteiger partial charge in [-0.05, 0) is 50.2 Å². The van der Waals surface area contributed by atoms with Crippen molar-refractivity contribution >= 4 is 28.1 Å². The third-order valence-electron chi connectivity index (χ3n) is 5.63. The fourth-order valence-corrected chi connectivity index (χ4v) is 5.01. The molecule has 0 radical (unpaired) electrons. The van der Waals surface area contributed by atoms with Gasteiger partial charge in [-0.2, -0.15) is 0 Å². The maximum atomic E-state index is 12.7. The highest BCUT2D eigenvalue weighted by Gasteiger charge is 2.23. The molecule has 0 saturated carbocycles. The molecule has 0 amide bonds. The summed E-state index contributed by atoms with van der Waals surface area (Å²) in [4.78, 5) is 25.4. The molecule has 0 aliphatic carbocycles. The zero-order valence-corrected chi connectivity index (χ0v) is 25.3. The van der Waals surface area contributed by atoms with E-state index in [-0.39, 0.29) is 26.7 Å². The molecule has 0 aliphatic heterocycles. The summed E-state index contributed by atoms with van der Waals surface area (Å²) in [6, 6.07) is 9.23. The van der Waals surface area contributed by atoms with Crippen molar-refractivity contribution in [3.63, 3.8) is 0 Å². The van der Waals surface area contributed by atoms with Crippen molar-refractivity contribution in [2.75, 3.05) is 26.4 Å². The molecule has 0 unspecified atom stereocenters. The van der Waals surface area contributed by atoms with Crippen LogP contribution in [0.25, 0.3) is 11.4 Å². The number of carbonyl (C=O) groups excluding carboxylic acids is 2. The molecule has 0 aromatic carbocycles. The van der Waals surface area contributed by atoms with E-state index in [0.29, 0.717) is 24.6 Å². The first-order valence-corrected chi connectivity index (χ1v) is 20.2. The highest BCUT2D eigenvalue weighted by atomic mass is 28.3. The highest BCUT2D eigenvalue weighted by Crippen LogP contribution is 2.27. The molecule has 2 heterocycles. The number of ether oxygens (including phenoxy) is 4. The summed E-state index contributed by atoms with van der Waals surface area (Å²) in [7, 11) is -2.52. The van der Waals surface area contributed by atoms with Gasteiger partial charge in [0.25, 0.3) is 0 Å². The average molecular weight is 537 g/mol. The molecule has 36 heavy (non-hydrogen) atoms. The van der Waals surface area contributed by atoms with Gasteiger partial charge in [-0.1, -0.05) is 39.3 Å². The van der Waals surface area contributed by atoms with Crippen LogP contribution >= 0.6 is 0 Å². The van der Waals surface area contributed by atoms with E-state index in [1.807, 2.05) is 21.3 Å². The Morgan fingerprint density at radius 2 is 1.03 bits per heavy atom. The minimum absolute atomic E-state index is 0.206. The normalized spacial score (nSPS) is 12.1. The summed E-state index contributed by atoms with van der Waals surface area (Å²) in [5.41, 5.74) is 2.31. The highest BCUT2D eigenvalue weighted by molar-refractivity contribution is 6.76. The molecule has 0 bridgehead atoms. The van der Waals surface area contributed by atoms with Crippen LogP contribution < -0.4 is 0 Å². The maximum absolute atomic E-state index is 12.7. The molecule has 0 saturated heterocycles. The maximum Gasteiger partial charge on any atom is 0.355 e. The van der Waals surface area contributed by atoms with Crippen molar-refractivity contribution < 1.29 is 28.5 Å². The van der Waals surface area contributed by atoms with Gasteiger partial charge >= 0.3 is 11.9 Å². The van der Waals surface area contributed by atoms with E-state index >= 15 is 0 Å². The van der Waals surface area contributed by atoms with E-state index in [1.54, 1.807) is 26.0 Å². The fourth-order valence-electron chi connectivity index (χ4n) is 3.50. The first-order valence-electron chi connectivity index (χ1n) is 12.8. The Bertz CT molecular complexity index is 921. The fraction of sp³-hybridized carbons (Fsp3) is 0.615. The predicted octanol–water partition coefficient (Wildman–Crippen LogP) is 5.93. The van der Waals surface area contributed by atoms with Gasteiger partial charge in [-0.15, -0.1) is 0 Å². The molecule has 0 aliphatic rings. The Hall–Kier alpha value is -2.15. The Kier molecular flexibility index (Phi) is 11.2. The van der Waals surface area contributed by atoms with Gasteiger partial charge in [0, 0.05) is 29.4 Å². The summed E-state index contributed by atoms with van der Waals surface area (Å²) < 4.78 is 26.2. The standard InChI is InChI=1S/C26H44N2O6Si2/c1-9-33-25(29)23-13-11-21(27(23)19-31-15-17-35(3,4)5)22-12-14-24(26(30)34-10-2)28(22)20-32-16-18-36(6,7)8/h11-14H,9-10,15-20H2,1-8H3. The van der Waals surface area contributed by atoms with Crippen molar-refractivity contribution in [2.24, 2.45) is 0 Å². The van der Waals surface area contributed by atoms with Crippen LogP contribution in [0.2, 0.25) is 51.4 Å². The smallest absolute Gasteiger partial charge is 0.355 e. The van der Waals surface area contributed by atoms with Gasteiger partial charge in [-0.3, -0.25) is 0 Å². The zero-order chi connectivity index (χ0) is 26.9. The second-order valence-corrected chi connectivity index (χ2v) is 22.4. The summed E-state index contributed by atoms with van der Waals surface area (Å²) in [6.07, 6.45) is 0. The number of hydrogen-bond acceptors (Lipinski definition) is 6. The largest absolute Gasteiger partial charge is 0.461 e. The van der Waals surface area contributed by atoms with E-state index in [0.717, 1.165) is 23.5 Å². The topological polar surface area (TPSA) is 80.9 Å². The predicted molar refractivity (Wildman–Crippen MR) is 148 cm³/mol. The minimum atomic E-state index is -1.26. The summed E-state index contributed by atoms with van der Waals surface area (Å²) in [6.45, 7) is 19.6. The SMILES string of the molecule is CCOC(=O)c1ccc(-c2ccc(C(=O)OCC)n2COCC[Si](C)(C)C)n1COCC[Si](C)(C)C. The van der Waals surface area contributed by atoms with Crippen molar-refractivity contribution in [1.29, 1.82) is 0 Å². The number of nitrogens with zero attached hydrogens (tertiary/aromatic N) is 2. The lowest BCUT2D eigenvalue weighted by atomic mass is 10.3. The van der Waals surface area contributed by atoms with Crippen LogP contribution in [0.1, 0.15) is 34.8 Å². The van der Waals surface area contributed by atoms with E-state index in [1.165, 1.54) is 0 Å². The Balaban J connectivity index is 2.41. The van der Waals surface area contributed by atoms with Crippen LogP contribution in [-0.4, -0.2) is 63.6 Å². The number of aromatic nitrogens is 2. The third-order valence-corrected chi connectivity index (χ3v) is 9.03. The lowest BCUT2D eigenvalue weighted by Gasteiger charge is -2.19. The van der Waals surface area contributed by atoms with Gasteiger partial charge in [0.1, 0.15) is 24.8 Å². The van der Waals surface area contributed by atoms with E-state index in [9.17, 15) is 9.59 Å². The first kappa shape index (κ1) is 30.1. The lowest BCUT2D eigenvalue weighted by molar-refractivity contribution is 0.0462. The van der Waals surface area contributed by atoms with Gasteiger partial charge in [0.2, 0.25) is 0 Å². The molecule has 2 aromatic rings. The molecular weight excluding hydrogens is 492 g/mol. The molecule has 2 aromatic heterocycles. The van der Waals surface area contributed by atoms with Crippen molar-refractivity contribution in [2.45, 2.75) is 78.7 Å². The molecule has 0 atom stereocenters. The zero-order valence-electron chi connectivity index (χ0n) is 23.3. The molecule has 10 heteroatoms. The molecule has 0 spiro atoms. The monoisotopic (exact) mass is 536 g/mol. The molecular formula is C26H44N2O6Si2. The van der Waals surface area contributed by atoms with Crippen molar-refractivity contribution in [3.8, 4) is 11.4 Å². The second-order valence-electron chi connectivity index (χ2n) is 11.2. The van der Waals surface area contributed by atoms with Gasteiger partial charge in [-0.25, -0.2) is 9.59 Å². The van der Waals surface area contributed by atoms with Crippen LogP contribution in [0, 0.1) is 0 Å². The minimum Gasteiger partial charge on any atom is -0.461 e. The van der Waals surface area contributed by atoms with Gasteiger partial charge in [0.05, 0.1) is 24.6 Å². The average Bonchev–Trinajstić information content (AvgIpc) is 3.37. The van der Waals surface area contributed by atoms with Gasteiger partial charge in [0.15, 0.2) is 0 Å². The van der Waals surface area contributed by atoms with Gasteiger partial charge < -0.3 is 28.1 Å². The quantitative estimate of drug-likeness (QED) is 0.159. The van der Waals surface area contributed by atoms with E-state index in [2.05, 4.69) is 39.3 Å². The van der Waals surface area contributed by atoms with E-state index < -0.39 is 28.1 Å². The third kappa shape index (κ3) is 9.06. The van der Waals surface area contributed by atoms with Crippen molar-refractivity contribution in [3.05, 3.63) is 35.7 Å². The first-order chi connectivity index (χ1) is 16.9. The van der Waals surface area contributed by atoms with Crippen LogP contribution in [0.4, 0.5) is 0 Å². The summed E-state index contributed by atoms with van der Waals surface area (Å²) >= 11 is 0. The molecule has 202 valence electrons. The second kappa shape index (κ2) is 13.4. The lowest BCUT2D eigenvalue weighted by Crippen LogP contribution is -2.23. The number of hydrogen-bond donors (Lipinski definition) is 0. The van der Waals surface area contributed by atoms with Crippen molar-refractivity contribution in [1.82, 2.24) is 9.13 Å².